The van der Waals surface area contributed by atoms with Crippen LogP contribution < -0.4 is 10.6 Å². The maximum Gasteiger partial charge on any atom is 0.261 e. The lowest BCUT2D eigenvalue weighted by Gasteiger charge is -2.19. The second kappa shape index (κ2) is 14.1. The molecule has 1 aromatic heterocycles. The predicted octanol–water partition coefficient (Wildman–Crippen LogP) is -0.346. The molecule has 0 bridgehead atoms. The second-order valence-corrected chi connectivity index (χ2v) is 9.50. The largest absolute Gasteiger partial charge is 0.367 e. The number of anilines is 1. The summed E-state index contributed by atoms with van der Waals surface area (Å²) in [7, 11) is -7.33. The maximum absolute atomic E-state index is 11.9. The van der Waals surface area contributed by atoms with E-state index in [0.29, 0.717) is 43.1 Å². The van der Waals surface area contributed by atoms with Gasteiger partial charge in [0.2, 0.25) is 5.91 Å². The Bertz CT molecular complexity index is 890. The fourth-order valence-electron chi connectivity index (χ4n) is 2.19. The zero-order valence-corrected chi connectivity index (χ0v) is 19.3. The van der Waals surface area contributed by atoms with Crippen molar-refractivity contribution in [3.8, 4) is 6.07 Å². The van der Waals surface area contributed by atoms with Crippen molar-refractivity contribution >= 4 is 43.6 Å². The lowest BCUT2D eigenvalue weighted by atomic mass is 10.2. The topological polar surface area (TPSA) is 203 Å². The Morgan fingerprint density at radius 3 is 2.29 bits per heavy atom. The third-order valence-corrected chi connectivity index (χ3v) is 3.44. The van der Waals surface area contributed by atoms with Crippen LogP contribution in [0.5, 0.6) is 0 Å². The fraction of sp³-hybridized carbons (Fsp3) is 0.600. The number of likely N-dealkylation sites (tertiary alicyclic amines) is 1. The van der Waals surface area contributed by atoms with Crippen LogP contribution in [0.2, 0.25) is 5.15 Å². The molecule has 1 saturated heterocycles. The minimum absolute atomic E-state index is 0.0228. The van der Waals surface area contributed by atoms with Gasteiger partial charge in [-0.25, -0.2) is 0 Å². The average Bonchev–Trinajstić information content (AvgIpc) is 3.09. The van der Waals surface area contributed by atoms with E-state index in [0.717, 1.165) is 12.8 Å². The molecule has 0 aromatic carbocycles. The molecule has 13 nitrogen and oxygen atoms in total. The van der Waals surface area contributed by atoms with Gasteiger partial charge >= 0.3 is 0 Å². The summed E-state index contributed by atoms with van der Waals surface area (Å²) < 4.78 is 51.7. The van der Waals surface area contributed by atoms with Crippen molar-refractivity contribution < 1.29 is 30.7 Å². The lowest BCUT2D eigenvalue weighted by molar-refractivity contribution is -0.130. The van der Waals surface area contributed by atoms with Crippen molar-refractivity contribution in [2.24, 2.45) is 0 Å². The fourth-order valence-corrected chi connectivity index (χ4v) is 2.29. The normalized spacial score (nSPS) is 15.6. The Hall–Kier alpha value is -2.09. The lowest BCUT2D eigenvalue weighted by Crippen LogP contribution is -2.41. The number of nitriles is 1. The third-order valence-electron chi connectivity index (χ3n) is 3.24. The number of nitrogens with zero attached hydrogens (tertiary/aromatic N) is 4. The molecule has 1 aliphatic heterocycles. The number of carbonyl (C=O) groups is 1. The van der Waals surface area contributed by atoms with E-state index in [1.54, 1.807) is 17.0 Å². The molecule has 1 aliphatic rings. The number of nitrogens with one attached hydrogen (secondary N) is 2. The number of halogens is 1. The van der Waals surface area contributed by atoms with Crippen LogP contribution in [-0.2, 0) is 25.0 Å². The van der Waals surface area contributed by atoms with Crippen molar-refractivity contribution in [3.63, 3.8) is 0 Å². The minimum atomic E-state index is -3.67. The van der Waals surface area contributed by atoms with Gasteiger partial charge in [-0.05, 0) is 25.0 Å². The number of aromatic nitrogens is 2. The van der Waals surface area contributed by atoms with Gasteiger partial charge in [0.05, 0.1) is 25.1 Å². The summed E-state index contributed by atoms with van der Waals surface area (Å²) in [6.07, 6.45) is 3.11. The van der Waals surface area contributed by atoms with Crippen molar-refractivity contribution in [2.75, 3.05) is 44.0 Å². The van der Waals surface area contributed by atoms with Gasteiger partial charge in [0.25, 0.3) is 20.2 Å². The molecule has 1 fully saturated rings. The van der Waals surface area contributed by atoms with E-state index in [-0.39, 0.29) is 18.5 Å². The Morgan fingerprint density at radius 1 is 1.23 bits per heavy atom. The first-order valence-corrected chi connectivity index (χ1v) is 12.8. The van der Waals surface area contributed by atoms with Crippen LogP contribution in [0.25, 0.3) is 0 Å². The standard InChI is InChI=1S/C13H17ClN6O.2CH4O3S/c14-11-3-4-12(19-18-11)17-6-5-16-9-13(21)20-7-1-2-10(20)8-15;2*1-5(2,3)4/h3-4,10,16H,1-2,5-7,9H2,(H,17,19);2*1H3,(H,2,3,4)/t10-;;/m0../s1. The van der Waals surface area contributed by atoms with Crippen LogP contribution in [0.3, 0.4) is 0 Å². The first-order chi connectivity index (χ1) is 14.2. The highest BCUT2D eigenvalue weighted by Gasteiger charge is 2.27. The number of rotatable bonds is 6. The third kappa shape index (κ3) is 18.4. The van der Waals surface area contributed by atoms with E-state index in [9.17, 15) is 21.6 Å². The van der Waals surface area contributed by atoms with Gasteiger partial charge in [0.15, 0.2) is 5.15 Å². The van der Waals surface area contributed by atoms with Crippen molar-refractivity contribution in [2.45, 2.75) is 18.9 Å². The van der Waals surface area contributed by atoms with Crippen molar-refractivity contribution in [1.82, 2.24) is 20.4 Å². The first kappa shape index (κ1) is 28.9. The molecule has 4 N–H and O–H groups in total. The molecule has 31 heavy (non-hydrogen) atoms. The monoisotopic (exact) mass is 500 g/mol. The molecule has 16 heteroatoms. The Morgan fingerprint density at radius 2 is 1.81 bits per heavy atom. The van der Waals surface area contributed by atoms with Crippen molar-refractivity contribution in [3.05, 3.63) is 17.3 Å². The van der Waals surface area contributed by atoms with E-state index in [1.165, 1.54) is 0 Å². The van der Waals surface area contributed by atoms with Crippen LogP contribution in [0, 0.1) is 11.3 Å². The Labute approximate surface area is 186 Å². The van der Waals surface area contributed by atoms with E-state index < -0.39 is 20.2 Å². The summed E-state index contributed by atoms with van der Waals surface area (Å²) in [6, 6.07) is 5.29. The molecule has 0 spiro atoms. The SMILES string of the molecule is CS(=O)(=O)O.CS(=O)(=O)O.N#C[C@@H]1CCCN1C(=O)CNCCNc1ccc(Cl)nn1. The predicted molar refractivity (Wildman–Crippen MR) is 114 cm³/mol. The summed E-state index contributed by atoms with van der Waals surface area (Å²) in [6.45, 7) is 2.15. The van der Waals surface area contributed by atoms with Crippen LogP contribution in [0.1, 0.15) is 12.8 Å². The molecule has 0 unspecified atom stereocenters. The second-order valence-electron chi connectivity index (χ2n) is 6.19. The highest BCUT2D eigenvalue weighted by molar-refractivity contribution is 7.85. The molecule has 1 aromatic rings. The van der Waals surface area contributed by atoms with Gasteiger partial charge in [-0.2, -0.15) is 22.1 Å². The summed E-state index contributed by atoms with van der Waals surface area (Å²) >= 11 is 5.64. The van der Waals surface area contributed by atoms with E-state index in [4.69, 9.17) is 26.0 Å². The zero-order valence-electron chi connectivity index (χ0n) is 16.9. The maximum atomic E-state index is 11.9. The van der Waals surface area contributed by atoms with Gasteiger partial charge < -0.3 is 15.5 Å². The molecule has 176 valence electrons. The molecule has 1 amide bonds. The van der Waals surface area contributed by atoms with Gasteiger partial charge in [0, 0.05) is 19.6 Å². The molecule has 0 radical (unpaired) electrons. The van der Waals surface area contributed by atoms with Gasteiger partial charge in [-0.15, -0.1) is 10.2 Å². The van der Waals surface area contributed by atoms with Crippen molar-refractivity contribution in [1.29, 1.82) is 5.26 Å². The minimum Gasteiger partial charge on any atom is -0.367 e. The molecular weight excluding hydrogens is 476 g/mol. The molecule has 2 heterocycles. The molecule has 0 saturated carbocycles. The van der Waals surface area contributed by atoms with Gasteiger partial charge in [-0.1, -0.05) is 11.6 Å². The quantitative estimate of drug-likeness (QED) is 0.292. The Kier molecular flexibility index (Phi) is 13.1. The summed E-state index contributed by atoms with van der Waals surface area (Å²) in [4.78, 5) is 13.6. The van der Waals surface area contributed by atoms with Gasteiger partial charge in [0.1, 0.15) is 11.9 Å². The number of hydrogen-bond acceptors (Lipinski definition) is 10. The van der Waals surface area contributed by atoms with E-state index >= 15 is 0 Å². The Balaban J connectivity index is 0.000000752. The zero-order chi connectivity index (χ0) is 24.1. The summed E-state index contributed by atoms with van der Waals surface area (Å²) in [5, 5.41) is 23.0. The number of hydrogen-bond donors (Lipinski definition) is 4. The summed E-state index contributed by atoms with van der Waals surface area (Å²) in [5.41, 5.74) is 0. The van der Waals surface area contributed by atoms with E-state index in [2.05, 4.69) is 26.9 Å². The van der Waals surface area contributed by atoms with Crippen LogP contribution in [0.4, 0.5) is 5.82 Å². The van der Waals surface area contributed by atoms with Crippen LogP contribution in [0.15, 0.2) is 12.1 Å². The smallest absolute Gasteiger partial charge is 0.261 e. The molecule has 0 aliphatic carbocycles. The first-order valence-electron chi connectivity index (χ1n) is 8.68. The summed E-state index contributed by atoms with van der Waals surface area (Å²) in [5.74, 6) is 0.613. The van der Waals surface area contributed by atoms with Crippen LogP contribution in [-0.4, -0.2) is 91.7 Å². The highest BCUT2D eigenvalue weighted by Crippen LogP contribution is 2.15. The molecule has 2 rings (SSSR count). The average molecular weight is 501 g/mol. The van der Waals surface area contributed by atoms with Gasteiger partial charge in [-0.3, -0.25) is 13.9 Å². The van der Waals surface area contributed by atoms with Crippen LogP contribution >= 0.6 is 11.6 Å². The van der Waals surface area contributed by atoms with E-state index in [1.807, 2.05) is 0 Å². The molecular formula is C15H25ClN6O7S2. The highest BCUT2D eigenvalue weighted by atomic mass is 35.5. The molecule has 1 atom stereocenters. The number of amides is 1. The number of carbonyl (C=O) groups excluding carboxylic acids is 1.